The van der Waals surface area contributed by atoms with E-state index in [2.05, 4.69) is 34.7 Å². The Bertz CT molecular complexity index is 467. The summed E-state index contributed by atoms with van der Waals surface area (Å²) in [6, 6.07) is 5.06. The van der Waals surface area contributed by atoms with Crippen LogP contribution in [0.25, 0.3) is 0 Å². The van der Waals surface area contributed by atoms with Gasteiger partial charge in [-0.3, -0.25) is 4.90 Å². The van der Waals surface area contributed by atoms with Gasteiger partial charge in [0.25, 0.3) is 0 Å². The van der Waals surface area contributed by atoms with E-state index >= 15 is 0 Å². The molecule has 2 rings (SSSR count). The average Bonchev–Trinajstić information content (AvgIpc) is 2.56. The largest absolute Gasteiger partial charge is 0.329 e. The zero-order valence-corrected chi connectivity index (χ0v) is 14.4. The first-order chi connectivity index (χ1) is 9.43. The van der Waals surface area contributed by atoms with Gasteiger partial charge >= 0.3 is 0 Å². The molecule has 0 amide bonds. The molecule has 2 nitrogen and oxygen atoms in total. The Labute approximate surface area is 133 Å². The smallest absolute Gasteiger partial charge is 0.128 e. The number of nitrogens with two attached hydrogens (primary N) is 1. The second kappa shape index (κ2) is 6.77. The van der Waals surface area contributed by atoms with Gasteiger partial charge in [-0.1, -0.05) is 29.8 Å². The molecule has 0 spiro atoms. The van der Waals surface area contributed by atoms with Gasteiger partial charge in [-0.2, -0.15) is 11.8 Å². The van der Waals surface area contributed by atoms with Crippen LogP contribution in [0.4, 0.5) is 4.39 Å². The van der Waals surface area contributed by atoms with Crippen LogP contribution in [0.5, 0.6) is 0 Å². The molecule has 1 atom stereocenters. The predicted octanol–water partition coefficient (Wildman–Crippen LogP) is 3.81. The van der Waals surface area contributed by atoms with E-state index in [1.807, 2.05) is 17.8 Å². The number of rotatable bonds is 3. The third-order valence-electron chi connectivity index (χ3n) is 3.85. The molecule has 1 fully saturated rings. The zero-order valence-electron chi connectivity index (χ0n) is 12.0. The van der Waals surface area contributed by atoms with E-state index in [-0.39, 0.29) is 11.9 Å². The molecule has 1 aromatic carbocycles. The van der Waals surface area contributed by atoms with E-state index in [9.17, 15) is 4.39 Å². The molecule has 20 heavy (non-hydrogen) atoms. The highest BCUT2D eigenvalue weighted by atomic mass is 79.9. The zero-order chi connectivity index (χ0) is 14.8. The lowest BCUT2D eigenvalue weighted by atomic mass is 10.0. The lowest BCUT2D eigenvalue weighted by molar-refractivity contribution is 0.207. The van der Waals surface area contributed by atoms with Gasteiger partial charge in [0.05, 0.1) is 0 Å². The van der Waals surface area contributed by atoms with E-state index < -0.39 is 0 Å². The van der Waals surface area contributed by atoms with Crippen molar-refractivity contribution in [2.24, 2.45) is 5.73 Å². The average molecular weight is 361 g/mol. The van der Waals surface area contributed by atoms with Crippen LogP contribution in [0.1, 0.15) is 31.9 Å². The first kappa shape index (κ1) is 16.3. The highest BCUT2D eigenvalue weighted by molar-refractivity contribution is 9.10. The van der Waals surface area contributed by atoms with Crippen LogP contribution in [0.15, 0.2) is 22.7 Å². The maximum Gasteiger partial charge on any atom is 0.128 e. The summed E-state index contributed by atoms with van der Waals surface area (Å²) < 4.78 is 15.3. The maximum atomic E-state index is 14.1. The summed E-state index contributed by atoms with van der Waals surface area (Å²) in [5, 5.41) is 0. The van der Waals surface area contributed by atoms with Crippen molar-refractivity contribution in [1.29, 1.82) is 0 Å². The summed E-state index contributed by atoms with van der Waals surface area (Å²) in [6.07, 6.45) is 1.10. The molecule has 0 bridgehead atoms. The second-order valence-corrected chi connectivity index (χ2v) is 8.53. The Kier molecular flexibility index (Phi) is 5.51. The Morgan fingerprint density at radius 2 is 2.20 bits per heavy atom. The molecule has 1 aromatic rings. The topological polar surface area (TPSA) is 29.3 Å². The summed E-state index contributed by atoms with van der Waals surface area (Å²) in [6.45, 7) is 6.92. The molecule has 1 aliphatic heterocycles. The Balaban J connectivity index is 2.21. The quantitative estimate of drug-likeness (QED) is 0.888. The van der Waals surface area contributed by atoms with Crippen LogP contribution in [0.2, 0.25) is 0 Å². The van der Waals surface area contributed by atoms with E-state index in [0.717, 1.165) is 29.7 Å². The minimum atomic E-state index is -0.167. The van der Waals surface area contributed by atoms with Gasteiger partial charge in [-0.15, -0.1) is 0 Å². The van der Waals surface area contributed by atoms with Crippen LogP contribution in [0.3, 0.4) is 0 Å². The fraction of sp³-hybridized carbons (Fsp3) is 0.600. The number of hydrogen-bond donors (Lipinski definition) is 1. The molecule has 0 radical (unpaired) electrons. The van der Waals surface area contributed by atoms with Crippen LogP contribution in [-0.2, 0) is 0 Å². The van der Waals surface area contributed by atoms with Crippen molar-refractivity contribution >= 4 is 27.7 Å². The van der Waals surface area contributed by atoms with Gasteiger partial charge in [0, 0.05) is 46.2 Å². The third kappa shape index (κ3) is 3.97. The van der Waals surface area contributed by atoms with Gasteiger partial charge in [-0.05, 0) is 24.6 Å². The van der Waals surface area contributed by atoms with Crippen LogP contribution in [-0.4, -0.2) is 35.0 Å². The Morgan fingerprint density at radius 1 is 1.45 bits per heavy atom. The third-order valence-corrected chi connectivity index (χ3v) is 5.72. The van der Waals surface area contributed by atoms with Crippen LogP contribution in [0, 0.1) is 5.82 Å². The maximum absolute atomic E-state index is 14.1. The predicted molar refractivity (Wildman–Crippen MR) is 88.6 cm³/mol. The Morgan fingerprint density at radius 3 is 2.90 bits per heavy atom. The standard InChI is InChI=1S/C15H22BrFN2S/c1-15(2)5-6-19(7-8-20-15)14(10-18)12-9-11(16)3-4-13(12)17/h3-4,9,14H,5-8,10,18H2,1-2H3. The molecular formula is C15H22BrFN2S. The highest BCUT2D eigenvalue weighted by Crippen LogP contribution is 2.34. The van der Waals surface area contributed by atoms with Crippen molar-refractivity contribution < 1.29 is 4.39 Å². The van der Waals surface area contributed by atoms with Crippen molar-refractivity contribution in [3.05, 3.63) is 34.1 Å². The lowest BCUT2D eigenvalue weighted by Gasteiger charge is -2.30. The summed E-state index contributed by atoms with van der Waals surface area (Å²) in [4.78, 5) is 2.33. The number of nitrogens with zero attached hydrogens (tertiary/aromatic N) is 1. The molecule has 1 saturated heterocycles. The van der Waals surface area contributed by atoms with Crippen molar-refractivity contribution in [2.45, 2.75) is 31.1 Å². The number of hydrogen-bond acceptors (Lipinski definition) is 3. The summed E-state index contributed by atoms with van der Waals surface area (Å²) in [5.41, 5.74) is 6.64. The molecule has 0 aromatic heterocycles. The van der Waals surface area contributed by atoms with E-state index in [1.54, 1.807) is 6.07 Å². The highest BCUT2D eigenvalue weighted by Gasteiger charge is 2.28. The van der Waals surface area contributed by atoms with Crippen molar-refractivity contribution in [3.63, 3.8) is 0 Å². The molecule has 1 aliphatic rings. The molecule has 1 unspecified atom stereocenters. The van der Waals surface area contributed by atoms with Gasteiger partial charge in [0.15, 0.2) is 0 Å². The minimum Gasteiger partial charge on any atom is -0.329 e. The molecule has 0 saturated carbocycles. The summed E-state index contributed by atoms with van der Waals surface area (Å²) in [5.74, 6) is 0.902. The van der Waals surface area contributed by atoms with Gasteiger partial charge < -0.3 is 5.73 Å². The van der Waals surface area contributed by atoms with E-state index in [1.165, 1.54) is 6.07 Å². The van der Waals surface area contributed by atoms with Gasteiger partial charge in [0.1, 0.15) is 5.82 Å². The van der Waals surface area contributed by atoms with Crippen LogP contribution >= 0.6 is 27.7 Å². The van der Waals surface area contributed by atoms with E-state index in [4.69, 9.17) is 5.73 Å². The fourth-order valence-corrected chi connectivity index (χ4v) is 4.08. The second-order valence-electron chi connectivity index (χ2n) is 5.81. The monoisotopic (exact) mass is 360 g/mol. The molecule has 112 valence electrons. The number of thioether (sulfide) groups is 1. The molecule has 2 N–H and O–H groups in total. The minimum absolute atomic E-state index is 0.0398. The van der Waals surface area contributed by atoms with Gasteiger partial charge in [-0.25, -0.2) is 4.39 Å². The molecule has 1 heterocycles. The normalized spacial score (nSPS) is 21.4. The SMILES string of the molecule is CC1(C)CCN(C(CN)c2cc(Br)ccc2F)CCS1. The van der Waals surface area contributed by atoms with Crippen molar-refractivity contribution in [2.75, 3.05) is 25.4 Å². The molecule has 0 aliphatic carbocycles. The summed E-state index contributed by atoms with van der Waals surface area (Å²) >= 11 is 5.41. The van der Waals surface area contributed by atoms with Crippen LogP contribution < -0.4 is 5.73 Å². The van der Waals surface area contributed by atoms with E-state index in [0.29, 0.717) is 16.9 Å². The first-order valence-electron chi connectivity index (χ1n) is 6.96. The number of benzene rings is 1. The Hall–Kier alpha value is -0.100. The van der Waals surface area contributed by atoms with Crippen molar-refractivity contribution in [3.8, 4) is 0 Å². The molecule has 5 heteroatoms. The number of halogens is 2. The molecular weight excluding hydrogens is 339 g/mol. The lowest BCUT2D eigenvalue weighted by Crippen LogP contribution is -2.36. The van der Waals surface area contributed by atoms with Gasteiger partial charge in [0.2, 0.25) is 0 Å². The first-order valence-corrected chi connectivity index (χ1v) is 8.74. The van der Waals surface area contributed by atoms with Crippen molar-refractivity contribution in [1.82, 2.24) is 4.90 Å². The fourth-order valence-electron chi connectivity index (χ4n) is 2.59. The summed E-state index contributed by atoms with van der Waals surface area (Å²) in [7, 11) is 0.